The zero-order valence-electron chi connectivity index (χ0n) is 7.36. The van der Waals surface area contributed by atoms with Crippen molar-refractivity contribution >= 4 is 0 Å². The van der Waals surface area contributed by atoms with Crippen molar-refractivity contribution in [1.82, 2.24) is 20.2 Å². The van der Waals surface area contributed by atoms with Crippen LogP contribution in [0.1, 0.15) is 13.8 Å². The van der Waals surface area contributed by atoms with Gasteiger partial charge in [-0.25, -0.2) is 4.98 Å². The zero-order chi connectivity index (χ0) is 9.07. The van der Waals surface area contributed by atoms with Crippen LogP contribution in [0.4, 0.5) is 0 Å². The van der Waals surface area contributed by atoms with E-state index in [0.29, 0.717) is 0 Å². The van der Waals surface area contributed by atoms with Crippen molar-refractivity contribution in [3.05, 3.63) is 37.2 Å². The van der Waals surface area contributed by atoms with Crippen molar-refractivity contribution < 1.29 is 0 Å². The molecule has 0 spiro atoms. The summed E-state index contributed by atoms with van der Waals surface area (Å²) in [6.07, 6.45) is 8.54. The molecule has 4 heteroatoms. The molecule has 0 atom stereocenters. The van der Waals surface area contributed by atoms with Crippen molar-refractivity contribution in [1.29, 1.82) is 0 Å². The average molecular weight is 166 g/mol. The maximum atomic E-state index is 3.67. The van der Waals surface area contributed by atoms with Crippen molar-refractivity contribution in [2.45, 2.75) is 13.8 Å². The van der Waals surface area contributed by atoms with Crippen molar-refractivity contribution in [3.63, 3.8) is 0 Å². The normalized spacial score (nSPS) is 7.17. The maximum Gasteiger partial charge on any atom is 0.0919 e. The fourth-order valence-electron chi connectivity index (χ4n) is 0.430. The van der Waals surface area contributed by atoms with Gasteiger partial charge in [-0.1, -0.05) is 13.8 Å². The third-order valence-corrected chi connectivity index (χ3v) is 0.812. The van der Waals surface area contributed by atoms with Crippen LogP contribution in [-0.4, -0.2) is 20.2 Å². The molecule has 2 aromatic rings. The number of aromatic amines is 2. The highest BCUT2D eigenvalue weighted by atomic mass is 15.1. The Balaban J connectivity index is 0.000000168. The van der Waals surface area contributed by atoms with E-state index < -0.39 is 0 Å². The summed E-state index contributed by atoms with van der Waals surface area (Å²) in [6, 6.07) is 1.83. The number of nitrogens with one attached hydrogen (secondary N) is 2. The summed E-state index contributed by atoms with van der Waals surface area (Å²) < 4.78 is 0. The van der Waals surface area contributed by atoms with E-state index in [4.69, 9.17) is 0 Å². The molecular weight excluding hydrogens is 152 g/mol. The molecule has 66 valence electrons. The summed E-state index contributed by atoms with van der Waals surface area (Å²) in [5.74, 6) is 0. The molecule has 0 fully saturated rings. The van der Waals surface area contributed by atoms with Gasteiger partial charge >= 0.3 is 0 Å². The quantitative estimate of drug-likeness (QED) is 0.627. The number of hydrogen-bond donors (Lipinski definition) is 2. The van der Waals surface area contributed by atoms with E-state index in [0.717, 1.165) is 0 Å². The molecule has 2 N–H and O–H groups in total. The van der Waals surface area contributed by atoms with Gasteiger partial charge in [0, 0.05) is 24.8 Å². The SMILES string of the molecule is CC.c1c[nH]cn1.c1cn[nH]c1. The average Bonchev–Trinajstić information content (AvgIpc) is 2.87. The highest BCUT2D eigenvalue weighted by Gasteiger charge is 1.57. The molecule has 0 saturated heterocycles. The monoisotopic (exact) mass is 166 g/mol. The third kappa shape index (κ3) is 6.54. The lowest BCUT2D eigenvalue weighted by molar-refractivity contribution is 1.09. The second kappa shape index (κ2) is 9.42. The number of aromatic nitrogens is 4. The molecule has 2 aromatic heterocycles. The molecular formula is C8H14N4. The third-order valence-electron chi connectivity index (χ3n) is 0.812. The number of imidazole rings is 1. The Morgan fingerprint density at radius 2 is 1.92 bits per heavy atom. The fraction of sp³-hybridized carbons (Fsp3) is 0.250. The van der Waals surface area contributed by atoms with Crippen molar-refractivity contribution in [2.24, 2.45) is 0 Å². The van der Waals surface area contributed by atoms with E-state index in [2.05, 4.69) is 20.2 Å². The van der Waals surface area contributed by atoms with Crippen LogP contribution in [0, 0.1) is 0 Å². The van der Waals surface area contributed by atoms with Crippen LogP contribution in [0.3, 0.4) is 0 Å². The van der Waals surface area contributed by atoms with Gasteiger partial charge < -0.3 is 4.98 Å². The molecule has 2 heterocycles. The minimum Gasteiger partial charge on any atom is -0.351 e. The first-order valence-corrected chi connectivity index (χ1v) is 3.86. The highest BCUT2D eigenvalue weighted by Crippen LogP contribution is 1.64. The molecule has 0 radical (unpaired) electrons. The Kier molecular flexibility index (Phi) is 8.18. The van der Waals surface area contributed by atoms with Crippen LogP contribution < -0.4 is 0 Å². The molecule has 4 nitrogen and oxygen atoms in total. The lowest BCUT2D eigenvalue weighted by Gasteiger charge is -1.49. The molecule has 12 heavy (non-hydrogen) atoms. The standard InChI is InChI=1S/2C3H4N2.C2H6/c1-2-5-3-4-1;1-2-4-5-3-1;1-2/h2*1-3H,(H,4,5);1-2H3. The summed E-state index contributed by atoms with van der Waals surface area (Å²) >= 11 is 0. The minimum absolute atomic E-state index is 1.62. The molecule has 0 aromatic carbocycles. The van der Waals surface area contributed by atoms with Gasteiger partial charge in [0.15, 0.2) is 0 Å². The Bertz CT molecular complexity index is 150. The number of rotatable bonds is 0. The summed E-state index contributed by atoms with van der Waals surface area (Å²) in [5, 5.41) is 6.21. The molecule has 0 aliphatic rings. The Morgan fingerprint density at radius 3 is 2.08 bits per heavy atom. The van der Waals surface area contributed by atoms with Crippen LogP contribution in [0.15, 0.2) is 37.2 Å². The van der Waals surface area contributed by atoms with Crippen LogP contribution in [0.5, 0.6) is 0 Å². The summed E-state index contributed by atoms with van der Waals surface area (Å²) in [5.41, 5.74) is 0. The first kappa shape index (κ1) is 10.4. The summed E-state index contributed by atoms with van der Waals surface area (Å²) in [7, 11) is 0. The van der Waals surface area contributed by atoms with Gasteiger partial charge in [0.2, 0.25) is 0 Å². The predicted octanol–water partition coefficient (Wildman–Crippen LogP) is 1.85. The first-order valence-electron chi connectivity index (χ1n) is 3.86. The molecule has 0 aliphatic carbocycles. The van der Waals surface area contributed by atoms with E-state index in [9.17, 15) is 0 Å². The van der Waals surface area contributed by atoms with Gasteiger partial charge in [-0.2, -0.15) is 5.10 Å². The van der Waals surface area contributed by atoms with Gasteiger partial charge in [-0.05, 0) is 6.07 Å². The lowest BCUT2D eigenvalue weighted by atomic mass is 10.8. The molecule has 0 saturated carbocycles. The van der Waals surface area contributed by atoms with Gasteiger partial charge in [0.25, 0.3) is 0 Å². The molecule has 0 unspecified atom stereocenters. The number of hydrogen-bond acceptors (Lipinski definition) is 2. The number of nitrogens with zero attached hydrogens (tertiary/aromatic N) is 2. The van der Waals surface area contributed by atoms with E-state index in [1.165, 1.54) is 0 Å². The molecule has 0 aliphatic heterocycles. The zero-order valence-corrected chi connectivity index (χ0v) is 7.36. The maximum absolute atomic E-state index is 3.67. The molecule has 2 rings (SSSR count). The predicted molar refractivity (Wildman–Crippen MR) is 48.5 cm³/mol. The second-order valence-corrected chi connectivity index (χ2v) is 1.53. The van der Waals surface area contributed by atoms with Crippen molar-refractivity contribution in [3.8, 4) is 0 Å². The van der Waals surface area contributed by atoms with E-state index in [1.54, 1.807) is 31.1 Å². The Hall–Kier alpha value is -1.58. The minimum atomic E-state index is 1.62. The van der Waals surface area contributed by atoms with Gasteiger partial charge in [0.05, 0.1) is 6.33 Å². The summed E-state index contributed by atoms with van der Waals surface area (Å²) in [6.45, 7) is 4.00. The topological polar surface area (TPSA) is 57.4 Å². The highest BCUT2D eigenvalue weighted by molar-refractivity contribution is 4.72. The van der Waals surface area contributed by atoms with E-state index in [1.807, 2.05) is 19.9 Å². The largest absolute Gasteiger partial charge is 0.351 e. The summed E-state index contributed by atoms with van der Waals surface area (Å²) in [4.78, 5) is 6.42. The van der Waals surface area contributed by atoms with Crippen LogP contribution >= 0.6 is 0 Å². The first-order chi connectivity index (χ1) is 6.00. The van der Waals surface area contributed by atoms with Gasteiger partial charge in [-0.15, -0.1) is 0 Å². The molecule has 0 amide bonds. The van der Waals surface area contributed by atoms with Gasteiger partial charge in [0.1, 0.15) is 0 Å². The van der Waals surface area contributed by atoms with Crippen LogP contribution in [-0.2, 0) is 0 Å². The van der Waals surface area contributed by atoms with E-state index >= 15 is 0 Å². The van der Waals surface area contributed by atoms with Gasteiger partial charge in [-0.3, -0.25) is 5.10 Å². The van der Waals surface area contributed by atoms with Crippen LogP contribution in [0.25, 0.3) is 0 Å². The molecule has 0 bridgehead atoms. The Morgan fingerprint density at radius 1 is 1.08 bits per heavy atom. The second-order valence-electron chi connectivity index (χ2n) is 1.53. The number of H-pyrrole nitrogens is 2. The van der Waals surface area contributed by atoms with E-state index in [-0.39, 0.29) is 0 Å². The fourth-order valence-corrected chi connectivity index (χ4v) is 0.430. The smallest absolute Gasteiger partial charge is 0.0919 e. The Labute approximate surface area is 72.1 Å². The lowest BCUT2D eigenvalue weighted by Crippen LogP contribution is -1.53. The van der Waals surface area contributed by atoms with Crippen molar-refractivity contribution in [2.75, 3.05) is 0 Å². The van der Waals surface area contributed by atoms with Crippen LogP contribution in [0.2, 0.25) is 0 Å².